The lowest BCUT2D eigenvalue weighted by Crippen LogP contribution is -2.04. The molecule has 2 nitrogen and oxygen atoms in total. The van der Waals surface area contributed by atoms with Gasteiger partial charge < -0.3 is 4.42 Å². The van der Waals surface area contributed by atoms with Gasteiger partial charge in [-0.1, -0.05) is 30.3 Å². The van der Waals surface area contributed by atoms with Crippen molar-refractivity contribution in [2.24, 2.45) is 0 Å². The third-order valence-corrected chi connectivity index (χ3v) is 5.28. The molecule has 3 unspecified atom stereocenters. The molecular weight excluding hydrogens is 341 g/mol. The Hall–Kier alpha value is -1.06. The van der Waals surface area contributed by atoms with Crippen molar-refractivity contribution < 1.29 is 4.42 Å². The number of rotatable bonds is 4. The van der Waals surface area contributed by atoms with Gasteiger partial charge >= 0.3 is 0 Å². The van der Waals surface area contributed by atoms with Crippen LogP contribution in [0.15, 0.2) is 51.7 Å². The van der Waals surface area contributed by atoms with Gasteiger partial charge in [-0.25, -0.2) is 0 Å². The van der Waals surface area contributed by atoms with Crippen LogP contribution in [0.1, 0.15) is 16.7 Å². The molecule has 0 N–H and O–H groups in total. The number of benzene rings is 2. The van der Waals surface area contributed by atoms with Crippen molar-refractivity contribution in [2.75, 3.05) is 0 Å². The Bertz CT molecular complexity index is 899. The van der Waals surface area contributed by atoms with E-state index in [0.29, 0.717) is 16.7 Å². The molecule has 1 heterocycles. The monoisotopic (exact) mass is 360 g/mol. The normalized spacial score (nSPS) is 11.1. The van der Waals surface area contributed by atoms with E-state index in [1.54, 1.807) is 6.07 Å². The zero-order chi connectivity index (χ0) is 16.4. The van der Waals surface area contributed by atoms with Gasteiger partial charge in [-0.2, -0.15) is 0 Å². The molecule has 3 atom stereocenters. The molecule has 5 heteroatoms. The summed E-state index contributed by atoms with van der Waals surface area (Å²) in [7, 11) is 8.11. The molecular formula is C18H19O2P3. The number of hydrogen-bond acceptors (Lipinski definition) is 2. The first kappa shape index (κ1) is 16.8. The average Bonchev–Trinajstić information content (AvgIpc) is 2.60. The molecule has 23 heavy (non-hydrogen) atoms. The third kappa shape index (κ3) is 3.41. The van der Waals surface area contributed by atoms with Crippen LogP contribution in [0, 0.1) is 0 Å². The van der Waals surface area contributed by atoms with Crippen LogP contribution in [-0.4, -0.2) is 0 Å². The second kappa shape index (κ2) is 7.23. The summed E-state index contributed by atoms with van der Waals surface area (Å²) in [5.74, 6) is 0.619. The van der Waals surface area contributed by atoms with Gasteiger partial charge in [0.25, 0.3) is 0 Å². The zero-order valence-corrected chi connectivity index (χ0v) is 16.2. The van der Waals surface area contributed by atoms with Crippen LogP contribution >= 0.6 is 27.7 Å². The first-order chi connectivity index (χ1) is 11.2. The summed E-state index contributed by atoms with van der Waals surface area (Å²) in [6.07, 6.45) is 2.49. The van der Waals surface area contributed by atoms with E-state index in [1.165, 1.54) is 5.56 Å². The highest BCUT2D eigenvalue weighted by molar-refractivity contribution is 7.15. The Balaban J connectivity index is 2.21. The molecule has 2 aromatic carbocycles. The lowest BCUT2D eigenvalue weighted by atomic mass is 10.0. The van der Waals surface area contributed by atoms with E-state index >= 15 is 0 Å². The predicted molar refractivity (Wildman–Crippen MR) is 108 cm³/mol. The third-order valence-electron chi connectivity index (χ3n) is 3.90. The number of fused-ring (bicyclic) bond motifs is 1. The topological polar surface area (TPSA) is 30.2 Å². The van der Waals surface area contributed by atoms with Crippen LogP contribution in [0.4, 0.5) is 0 Å². The molecule has 3 rings (SSSR count). The van der Waals surface area contributed by atoms with Crippen LogP contribution in [0.2, 0.25) is 0 Å². The maximum atomic E-state index is 12.6. The maximum absolute atomic E-state index is 12.6. The Labute approximate surface area is 142 Å². The maximum Gasteiger partial charge on any atom is 0.193 e. The van der Waals surface area contributed by atoms with E-state index in [0.717, 1.165) is 35.2 Å². The fourth-order valence-electron chi connectivity index (χ4n) is 2.66. The van der Waals surface area contributed by atoms with Gasteiger partial charge in [-0.05, 0) is 41.2 Å². The summed E-state index contributed by atoms with van der Waals surface area (Å²) < 4.78 is 6.06. The first-order valence-corrected chi connectivity index (χ1v) is 9.90. The highest BCUT2D eigenvalue weighted by Gasteiger charge is 2.11. The lowest BCUT2D eigenvalue weighted by molar-refractivity contribution is 0.618. The largest absolute Gasteiger partial charge is 0.456 e. The fraction of sp³-hybridized carbons (Fsp3) is 0.167. The van der Waals surface area contributed by atoms with E-state index in [-0.39, 0.29) is 5.43 Å². The van der Waals surface area contributed by atoms with Gasteiger partial charge in [0.15, 0.2) is 5.43 Å². The van der Waals surface area contributed by atoms with Gasteiger partial charge in [0.05, 0.1) is 5.39 Å². The van der Waals surface area contributed by atoms with E-state index in [4.69, 9.17) is 4.42 Å². The molecule has 0 aliphatic heterocycles. The van der Waals surface area contributed by atoms with Crippen molar-refractivity contribution in [2.45, 2.75) is 18.5 Å². The van der Waals surface area contributed by atoms with E-state index in [9.17, 15) is 4.79 Å². The lowest BCUT2D eigenvalue weighted by Gasteiger charge is -2.09. The molecule has 1 aromatic heterocycles. The van der Waals surface area contributed by atoms with Crippen LogP contribution in [0.3, 0.4) is 0 Å². The summed E-state index contributed by atoms with van der Waals surface area (Å²) in [6.45, 7) is 0. The molecule has 0 bridgehead atoms. The quantitative estimate of drug-likeness (QED) is 0.638. The van der Waals surface area contributed by atoms with Gasteiger partial charge in [0.1, 0.15) is 11.3 Å². The minimum Gasteiger partial charge on any atom is -0.456 e. The molecule has 0 amide bonds. The van der Waals surface area contributed by atoms with Crippen molar-refractivity contribution in [3.8, 4) is 11.3 Å². The summed E-state index contributed by atoms with van der Waals surface area (Å²) in [4.78, 5) is 12.6. The Kier molecular flexibility index (Phi) is 5.27. The first-order valence-electron chi connectivity index (χ1n) is 7.45. The summed E-state index contributed by atoms with van der Waals surface area (Å²) >= 11 is 0. The summed E-state index contributed by atoms with van der Waals surface area (Å²) in [5, 5.41) is 0.688. The van der Waals surface area contributed by atoms with Crippen molar-refractivity contribution in [3.63, 3.8) is 0 Å². The Morgan fingerprint density at radius 1 is 0.826 bits per heavy atom. The molecule has 0 aliphatic rings. The molecule has 0 aliphatic carbocycles. The smallest absolute Gasteiger partial charge is 0.193 e. The van der Waals surface area contributed by atoms with Gasteiger partial charge in [-0.3, -0.25) is 4.79 Å². The van der Waals surface area contributed by atoms with Crippen LogP contribution in [0.25, 0.3) is 22.3 Å². The Morgan fingerprint density at radius 2 is 1.52 bits per heavy atom. The fourth-order valence-corrected chi connectivity index (χ4v) is 3.49. The van der Waals surface area contributed by atoms with Crippen molar-refractivity contribution in [1.82, 2.24) is 0 Å². The molecule has 0 fully saturated rings. The van der Waals surface area contributed by atoms with Crippen LogP contribution < -0.4 is 5.43 Å². The van der Waals surface area contributed by atoms with Crippen molar-refractivity contribution in [3.05, 3.63) is 69.4 Å². The minimum absolute atomic E-state index is 0.0177. The molecule has 3 aromatic rings. The van der Waals surface area contributed by atoms with Gasteiger partial charge in [-0.15, -0.1) is 27.7 Å². The second-order valence-electron chi connectivity index (χ2n) is 5.41. The Morgan fingerprint density at radius 3 is 2.13 bits per heavy atom. The molecule has 0 spiro atoms. The summed E-state index contributed by atoms with van der Waals surface area (Å²) in [6, 6.07) is 13.8. The molecule has 0 radical (unpaired) electrons. The highest BCUT2D eigenvalue weighted by atomic mass is 31.0. The molecule has 118 valence electrons. The van der Waals surface area contributed by atoms with E-state index in [1.807, 2.05) is 18.2 Å². The van der Waals surface area contributed by atoms with Crippen molar-refractivity contribution >= 4 is 38.7 Å². The van der Waals surface area contributed by atoms with E-state index in [2.05, 4.69) is 45.9 Å². The predicted octanol–water partition coefficient (Wildman–Crippen LogP) is 4.59. The molecule has 0 saturated carbocycles. The SMILES string of the molecule is O=c1cc(-c2ccc(CP)cc2)oc2cc(CP)cc(CP)c12. The minimum atomic E-state index is 0.0177. The highest BCUT2D eigenvalue weighted by Crippen LogP contribution is 2.27. The number of hydrogen-bond donors (Lipinski definition) is 0. The zero-order valence-electron chi connectivity index (χ0n) is 12.7. The molecule has 0 saturated heterocycles. The van der Waals surface area contributed by atoms with Crippen molar-refractivity contribution in [1.29, 1.82) is 0 Å². The van der Waals surface area contributed by atoms with Crippen LogP contribution in [-0.2, 0) is 18.5 Å². The van der Waals surface area contributed by atoms with Crippen LogP contribution in [0.5, 0.6) is 0 Å². The second-order valence-corrected chi connectivity index (χ2v) is 6.64. The van der Waals surface area contributed by atoms with Gasteiger partial charge in [0.2, 0.25) is 0 Å². The average molecular weight is 360 g/mol. The van der Waals surface area contributed by atoms with E-state index < -0.39 is 0 Å². The summed E-state index contributed by atoms with van der Waals surface area (Å²) in [5.41, 5.74) is 5.01. The standard InChI is InChI=1S/C18H19O2P3/c19-15-7-16(13-3-1-11(8-21)2-4-13)20-17-6-12(9-22)5-14(10-23)18(15)17/h1-7H,8-10,21-23H2. The van der Waals surface area contributed by atoms with Gasteiger partial charge in [0, 0.05) is 11.6 Å².